The number of aromatic hydroxyl groups is 3. The first-order valence-corrected chi connectivity index (χ1v) is 36.1. The van der Waals surface area contributed by atoms with Gasteiger partial charge < -0.3 is 143 Å². The number of aliphatic hydroxyl groups excluding tert-OH is 6. The van der Waals surface area contributed by atoms with Crippen molar-refractivity contribution < 1.29 is 127 Å². The Balaban J connectivity index is 1.19. The molecule has 0 aliphatic carbocycles. The van der Waals surface area contributed by atoms with E-state index in [4.69, 9.17) is 78.3 Å². The molecular formula is C73H88Cl2N10O26. The number of nitrogens with one attached hydrogen (secondary N) is 7. The monoisotopic (exact) mass is 1590 g/mol. The number of carbonyl (C=O) groups is 8. The predicted molar refractivity (Wildman–Crippen MR) is 386 cm³/mol. The van der Waals surface area contributed by atoms with Crippen LogP contribution in [0, 0.1) is 5.92 Å². The minimum absolute atomic E-state index is 0.110. The van der Waals surface area contributed by atoms with Gasteiger partial charge in [0.2, 0.25) is 53.4 Å². The summed E-state index contributed by atoms with van der Waals surface area (Å²) in [6.07, 6.45) is -22.8. The fraction of sp³-hybridized carbons (Fsp3) is 0.479. The van der Waals surface area contributed by atoms with Crippen molar-refractivity contribution >= 4 is 70.5 Å². The van der Waals surface area contributed by atoms with Crippen molar-refractivity contribution in [3.8, 4) is 57.1 Å². The number of halogens is 2. The molecule has 13 rings (SSSR count). The van der Waals surface area contributed by atoms with Crippen LogP contribution in [0.25, 0.3) is 11.1 Å². The third-order valence-electron chi connectivity index (χ3n) is 20.1. The van der Waals surface area contributed by atoms with E-state index in [1.807, 2.05) is 13.8 Å². The quantitative estimate of drug-likeness (QED) is 0.0672. The van der Waals surface area contributed by atoms with Crippen LogP contribution in [0.5, 0.6) is 46.0 Å². The van der Waals surface area contributed by atoms with Gasteiger partial charge in [0.1, 0.15) is 89.5 Å². The van der Waals surface area contributed by atoms with Crippen LogP contribution in [0.3, 0.4) is 0 Å². The van der Waals surface area contributed by atoms with E-state index in [2.05, 4.69) is 37.2 Å². The average Bonchev–Trinajstić information content (AvgIpc) is 0.763. The van der Waals surface area contributed by atoms with Gasteiger partial charge in [0.15, 0.2) is 36.2 Å². The number of carbonyl (C=O) groups excluding carboxylic acids is 7. The molecule has 5 aromatic rings. The van der Waals surface area contributed by atoms with Gasteiger partial charge in [-0.1, -0.05) is 55.2 Å². The number of carboxylic acid groups (broad SMARTS) is 1. The molecule has 0 spiro atoms. The number of primary amides is 1. The highest BCUT2D eigenvalue weighted by molar-refractivity contribution is 6.32. The van der Waals surface area contributed by atoms with Crippen LogP contribution in [-0.2, 0) is 62.0 Å². The van der Waals surface area contributed by atoms with Gasteiger partial charge in [0.25, 0.3) is 0 Å². The highest BCUT2D eigenvalue weighted by atomic mass is 35.5. The standard InChI is InChI=1S/C73H88Cl2N10O26/c1-26(2)14-38(79-7)64(96)84-54-56(91)30-9-12-42(36(74)16-30)106-44-18-32-19-45(60(44)111-71-61(58(93)57(92)46(25-86)108-71)110-49-24-73(6,78)63(95)28(4)105-49)107-43-13-10-31(17-37(43)75)59(109-48-23-72(5,77)62(94)27(3)104-48)55-69(101)83-53(70(102)103)35-20-33(87)21-41(89)50(35)34-15-29(8-11-40(34)88)51(66(98)85-55)82-67(99)52(32)81-65(97)39(22-47(76)90)80-68(54)100/h8-13,15-21,26-28,38-39,46,48-49,51-59,61-63,71,79,86-89,91-95H,14,22-25,77-78H2,1-7H3,(H2,76,90)(H,80,100)(H,81,97)(H,82,99)(H,83,101)(H,84,96)(H,85,98)(H,102,103)/t27?,28-,38+,39-,46?,48-,49-,51+,52+,53-,54+,55-,56+,57+,58?,59+,61?,62-,63-,71-,72?,73?/m0/s1. The van der Waals surface area contributed by atoms with Crippen molar-refractivity contribution in [3.63, 3.8) is 0 Å². The SMILES string of the molecule is CN[C@H](CC(C)C)C(=O)N[C@H]1C(=O)N[C@@H](CC(N)=O)C(=O)N[C@H]2C(=O)N[C@H]3C(=O)N[C@H](C(=O)N[C@H](C(=O)O)c4cc(O)cc(O)c4-c4cc3ccc4O)[C@H](O[C@H]3CC(C)(N)[C@@H](O)C(C)O3)c3ccc(c(Cl)c3)Oc3cc2cc(c3O[C@@H]2OC(CO)[C@@H](O)C(O)C2O[C@H]2CC(C)(N)[C@@H](O)[C@H](C)O2)Oc2ccc(cc2Cl)[C@H]1O. The molecule has 0 saturated carbocycles. The number of rotatable bonds is 15. The Bertz CT molecular complexity index is 4420. The zero-order valence-electron chi connectivity index (χ0n) is 60.7. The maximum absolute atomic E-state index is 16.4. The molecule has 36 nitrogen and oxygen atoms in total. The molecule has 38 heteroatoms. The van der Waals surface area contributed by atoms with Crippen LogP contribution in [0.15, 0.2) is 78.9 Å². The molecule has 23 N–H and O–H groups in total. The van der Waals surface area contributed by atoms with Gasteiger partial charge in [-0.2, -0.15) is 0 Å². The number of carboxylic acids is 1. The molecule has 6 unspecified atom stereocenters. The second kappa shape index (κ2) is 33.2. The number of benzene rings is 5. The summed E-state index contributed by atoms with van der Waals surface area (Å²) in [4.78, 5) is 120. The van der Waals surface area contributed by atoms with E-state index in [-0.39, 0.29) is 52.6 Å². The summed E-state index contributed by atoms with van der Waals surface area (Å²) in [5.74, 6) is -16.1. The minimum Gasteiger partial charge on any atom is -0.508 e. The number of amides is 7. The molecule has 22 atom stereocenters. The average molecular weight is 1590 g/mol. The number of phenolic OH excluding ortho intramolecular Hbond substituents is 3. The Morgan fingerprint density at radius 2 is 1.23 bits per heavy atom. The first-order valence-electron chi connectivity index (χ1n) is 35.3. The van der Waals surface area contributed by atoms with Crippen molar-refractivity contribution in [1.82, 2.24) is 37.2 Å². The van der Waals surface area contributed by atoms with E-state index in [1.54, 1.807) is 0 Å². The van der Waals surface area contributed by atoms with E-state index < -0.39 is 261 Å². The van der Waals surface area contributed by atoms with Gasteiger partial charge in [-0.25, -0.2) is 4.79 Å². The van der Waals surface area contributed by atoms with Crippen molar-refractivity contribution in [3.05, 3.63) is 117 Å². The van der Waals surface area contributed by atoms with Crippen molar-refractivity contribution in [2.24, 2.45) is 23.1 Å². The van der Waals surface area contributed by atoms with Gasteiger partial charge >= 0.3 is 5.97 Å². The lowest BCUT2D eigenvalue weighted by atomic mass is 9.86. The van der Waals surface area contributed by atoms with E-state index in [1.165, 1.54) is 65.1 Å². The van der Waals surface area contributed by atoms with Gasteiger partial charge in [0, 0.05) is 46.7 Å². The lowest BCUT2D eigenvalue weighted by Crippen LogP contribution is -2.64. The first-order chi connectivity index (χ1) is 52.3. The predicted octanol–water partition coefficient (Wildman–Crippen LogP) is 0.344. The van der Waals surface area contributed by atoms with E-state index in [9.17, 15) is 70.2 Å². The molecule has 111 heavy (non-hydrogen) atoms. The van der Waals surface area contributed by atoms with E-state index >= 15 is 19.2 Å². The Labute approximate surface area is 643 Å². The van der Waals surface area contributed by atoms with Gasteiger partial charge in [-0.05, 0) is 124 Å². The Hall–Kier alpha value is -9.32. The normalized spacial score (nSPS) is 32.1. The van der Waals surface area contributed by atoms with E-state index in [0.29, 0.717) is 0 Å². The van der Waals surface area contributed by atoms with Crippen LogP contribution in [-0.4, -0.2) is 215 Å². The summed E-state index contributed by atoms with van der Waals surface area (Å²) in [6.45, 7) is 8.58. The summed E-state index contributed by atoms with van der Waals surface area (Å²) in [6, 6.07) is -0.452. The molecule has 3 fully saturated rings. The van der Waals surface area contributed by atoms with E-state index in [0.717, 1.165) is 48.5 Å². The van der Waals surface area contributed by atoms with Gasteiger partial charge in [-0.15, -0.1) is 0 Å². The molecule has 7 amide bonds. The minimum atomic E-state index is -2.38. The highest BCUT2D eigenvalue weighted by Gasteiger charge is 2.52. The van der Waals surface area contributed by atoms with Crippen molar-refractivity contribution in [1.29, 1.82) is 0 Å². The smallest absolute Gasteiger partial charge is 0.330 e. The molecule has 5 aromatic carbocycles. The molecule has 8 aliphatic heterocycles. The summed E-state index contributed by atoms with van der Waals surface area (Å²) in [5, 5.41) is 131. The molecule has 8 aliphatic rings. The fourth-order valence-corrected chi connectivity index (χ4v) is 14.7. The molecular weight excluding hydrogens is 1500 g/mol. The number of likely N-dealkylation sites (N-methyl/N-ethyl adjacent to an activating group) is 1. The van der Waals surface area contributed by atoms with Crippen LogP contribution in [0.4, 0.5) is 0 Å². The van der Waals surface area contributed by atoms with Crippen molar-refractivity contribution in [2.45, 2.75) is 201 Å². The molecule has 600 valence electrons. The maximum atomic E-state index is 16.4. The first kappa shape index (κ1) is 82.6. The maximum Gasteiger partial charge on any atom is 0.330 e. The van der Waals surface area contributed by atoms with Crippen LogP contribution >= 0.6 is 23.2 Å². The van der Waals surface area contributed by atoms with Crippen LogP contribution in [0.1, 0.15) is 125 Å². The number of nitrogens with two attached hydrogens (primary N) is 3. The Morgan fingerprint density at radius 1 is 0.658 bits per heavy atom. The number of hydrogen-bond donors (Lipinski definition) is 20. The lowest BCUT2D eigenvalue weighted by Gasteiger charge is -2.47. The van der Waals surface area contributed by atoms with Gasteiger partial charge in [-0.3, -0.25) is 33.6 Å². The zero-order valence-corrected chi connectivity index (χ0v) is 62.2. The number of ether oxygens (including phenoxy) is 8. The zero-order chi connectivity index (χ0) is 80.9. The second-order valence-corrected chi connectivity index (χ2v) is 30.1. The Morgan fingerprint density at radius 3 is 1.79 bits per heavy atom. The third kappa shape index (κ3) is 17.7. The third-order valence-corrected chi connectivity index (χ3v) is 20.7. The number of fused-ring (bicyclic) bond motifs is 15. The van der Waals surface area contributed by atoms with Crippen LogP contribution < -0.4 is 68.6 Å². The molecule has 0 aromatic heterocycles. The molecule has 3 saturated heterocycles. The number of aliphatic hydroxyl groups is 6. The lowest BCUT2D eigenvalue weighted by molar-refractivity contribution is -0.333. The Kier molecular flexibility index (Phi) is 24.7. The summed E-state index contributed by atoms with van der Waals surface area (Å²) < 4.78 is 51.7. The summed E-state index contributed by atoms with van der Waals surface area (Å²) >= 11 is 14.5. The van der Waals surface area contributed by atoms with Gasteiger partial charge in [0.05, 0.1) is 53.5 Å². The molecule has 8 heterocycles. The highest BCUT2D eigenvalue weighted by Crippen LogP contribution is 2.50. The summed E-state index contributed by atoms with van der Waals surface area (Å²) in [5.41, 5.74) is 13.3. The number of aliphatic carboxylic acids is 1. The molecule has 0 radical (unpaired) electrons. The van der Waals surface area contributed by atoms with Crippen molar-refractivity contribution in [2.75, 3.05) is 13.7 Å². The van der Waals surface area contributed by atoms with Crippen LogP contribution in [0.2, 0.25) is 10.0 Å². The topological polar surface area (TPSA) is 575 Å². The number of hydrogen-bond acceptors (Lipinski definition) is 28. The molecule has 11 bridgehead atoms. The largest absolute Gasteiger partial charge is 0.508 e. The summed E-state index contributed by atoms with van der Waals surface area (Å²) in [7, 11) is 1.47. The number of phenols is 3. The fourth-order valence-electron chi connectivity index (χ4n) is 14.3. The second-order valence-electron chi connectivity index (χ2n) is 29.3.